The molecule has 4 aromatic carbocycles. The summed E-state index contributed by atoms with van der Waals surface area (Å²) >= 11 is -9.51. The van der Waals surface area contributed by atoms with E-state index in [0.29, 0.717) is 0 Å². The summed E-state index contributed by atoms with van der Waals surface area (Å²) in [7, 11) is 0. The van der Waals surface area contributed by atoms with Gasteiger partial charge >= 0.3 is 373 Å². The summed E-state index contributed by atoms with van der Waals surface area (Å²) in [5.41, 5.74) is -25.8. The molecule has 45 heteroatoms. The van der Waals surface area contributed by atoms with Crippen molar-refractivity contribution in [1.29, 1.82) is 0 Å². The average molecular weight is 1190 g/mol. The Kier molecular flexibility index (Phi) is 13.4. The molecule has 0 spiro atoms. The van der Waals surface area contributed by atoms with Crippen LogP contribution in [0, 0.1) is 101 Å². The van der Waals surface area contributed by atoms with Crippen molar-refractivity contribution in [2.75, 3.05) is 0 Å². The number of aromatic hydroxyl groups is 8. The zero-order valence-corrected chi connectivity index (χ0v) is 35.4. The number of phenols is 8. The van der Waals surface area contributed by atoms with E-state index < -0.39 is 196 Å². The van der Waals surface area contributed by atoms with Crippen LogP contribution >= 0.6 is 0 Å². The maximum absolute atomic E-state index is 13.8. The molecule has 0 aliphatic carbocycles. The molecule has 44 nitrogen and oxygen atoms in total. The number of nitrogens with zero attached hydrogens (tertiary/aromatic N) is 12. The molecule has 0 radical (unpaired) electrons. The second kappa shape index (κ2) is 18.2. The molecule has 69 heavy (non-hydrogen) atoms. The summed E-state index contributed by atoms with van der Waals surface area (Å²) < 4.78 is 17.9. The average Bonchev–Trinajstić information content (AvgIpc) is 3.19. The normalized spacial score (nSPS) is 10.8. The molecule has 4 aromatic rings. The van der Waals surface area contributed by atoms with Gasteiger partial charge in [0.05, 0.1) is 0 Å². The van der Waals surface area contributed by atoms with Crippen molar-refractivity contribution in [2.24, 2.45) is 0 Å². The van der Waals surface area contributed by atoms with Gasteiger partial charge in [0, 0.05) is 0 Å². The van der Waals surface area contributed by atoms with E-state index in [0.717, 1.165) is 0 Å². The first-order chi connectivity index (χ1) is 31.8. The first kappa shape index (κ1) is 50.6. The van der Waals surface area contributed by atoms with E-state index >= 15 is 0 Å². The third kappa shape index (κ3) is 9.19. The minimum atomic E-state index is -9.51. The second-order valence-electron chi connectivity index (χ2n) is 11.8. The minimum absolute atomic E-state index is 0.288. The number of rotatable bonds is 20. The Hall–Kier alpha value is -11.0. The molecule has 0 aliphatic heterocycles. The van der Waals surface area contributed by atoms with Crippen LogP contribution in [0.1, 0.15) is 0 Å². The van der Waals surface area contributed by atoms with Gasteiger partial charge in [0.2, 0.25) is 0 Å². The summed E-state index contributed by atoms with van der Waals surface area (Å²) in [5, 5.41) is 178. The van der Waals surface area contributed by atoms with Gasteiger partial charge in [0.1, 0.15) is 0 Å². The Bertz CT molecular complexity index is 2560. The number of nitro benzene ring substituents is 8. The summed E-state index contributed by atoms with van der Waals surface area (Å²) in [5.74, 6) is -18.6. The Morgan fingerprint density at radius 3 is 0.493 bits per heavy atom. The summed E-state index contributed by atoms with van der Waals surface area (Å²) in [6, 6.07) is -1.15. The number of nitro groups is 8. The molecule has 8 N–H and O–H groups in total. The third-order valence-corrected chi connectivity index (χ3v) is 14.0. The van der Waals surface area contributed by atoms with E-state index in [-0.39, 0.29) is 24.3 Å². The van der Waals surface area contributed by atoms with Crippen LogP contribution in [-0.4, -0.2) is 123 Å². The predicted octanol–water partition coefficient (Wildman–Crippen LogP) is 2.50. The molecule has 0 aliphatic rings. The fraction of sp³-hybridized carbons (Fsp3) is 0. The van der Waals surface area contributed by atoms with Gasteiger partial charge in [-0.15, -0.1) is 0 Å². The molecule has 0 atom stereocenters. The maximum atomic E-state index is 13.8. The molecule has 4 rings (SSSR count). The van der Waals surface area contributed by atoms with Gasteiger partial charge in [0.15, 0.2) is 0 Å². The van der Waals surface area contributed by atoms with Crippen LogP contribution < -0.4 is 0 Å². The first-order valence-corrected chi connectivity index (χ1v) is 22.3. The van der Waals surface area contributed by atoms with Crippen LogP contribution in [0.3, 0.4) is 0 Å². The Morgan fingerprint density at radius 1 is 0.275 bits per heavy atom. The van der Waals surface area contributed by atoms with Gasteiger partial charge in [-0.05, 0) is 0 Å². The van der Waals surface area contributed by atoms with Gasteiger partial charge in [0.25, 0.3) is 0 Å². The van der Waals surface area contributed by atoms with E-state index in [1.165, 1.54) is 0 Å². The van der Waals surface area contributed by atoms with Crippen molar-refractivity contribution < 1.29 is 111 Å². The molecule has 0 heterocycles. The van der Waals surface area contributed by atoms with Crippen molar-refractivity contribution in [3.8, 4) is 46.0 Å². The molecule has 0 aromatic heterocycles. The molecule has 0 fully saturated rings. The molecule has 0 bridgehead atoms. The Morgan fingerprint density at radius 2 is 0.391 bits per heavy atom. The van der Waals surface area contributed by atoms with Crippen molar-refractivity contribution in [3.05, 3.63) is 125 Å². The van der Waals surface area contributed by atoms with Gasteiger partial charge in [-0.2, -0.15) is 0 Å². The molecule has 0 amide bonds. The van der Waals surface area contributed by atoms with Crippen LogP contribution in [0.15, 0.2) is 24.3 Å². The first-order valence-electron chi connectivity index (χ1n) is 16.0. The zero-order valence-electron chi connectivity index (χ0n) is 31.6. The van der Waals surface area contributed by atoms with Gasteiger partial charge in [-0.3, -0.25) is 0 Å². The SMILES string of the molecule is O=[N+]([O-])c1cc([N+](=O)[O-])c(O)c([N+](=O)[O][Pb]([O][N+](=O)c2c(O)c([N+](=O)[O-])cc([N+](=O)[O-])c2O)([O][N+](=O)c2c(O)c([N+](=O)[O-])cc([N+](=O)[O-])c2O)[O][N+](=O)c2c(O)c([N+](=O)[O-])cc([N+](=O)[O-])c2O)c1O. The van der Waals surface area contributed by atoms with Crippen LogP contribution in [0.5, 0.6) is 46.0 Å². The molecular weight excluding hydrogens is 1180 g/mol. The van der Waals surface area contributed by atoms with Crippen molar-refractivity contribution in [3.63, 3.8) is 0 Å². The van der Waals surface area contributed by atoms with Crippen LogP contribution in [0.4, 0.5) is 68.2 Å². The van der Waals surface area contributed by atoms with Crippen molar-refractivity contribution in [1.82, 2.24) is 0 Å². The number of benzene rings is 4. The summed E-state index contributed by atoms with van der Waals surface area (Å²) in [4.78, 5) is 127. The van der Waals surface area contributed by atoms with Crippen molar-refractivity contribution >= 4 is 91.2 Å². The molecule has 0 saturated heterocycles. The van der Waals surface area contributed by atoms with E-state index in [1.54, 1.807) is 0 Å². The standard InChI is InChI=1S/4C6H3N3O8.Pb/c4*10-5-2(7(12)13)1-3(8(14)15)6(11)4(5)9(16)17;/h4*1,10-11H;/q;;;;+4. The Labute approximate surface area is 372 Å². The van der Waals surface area contributed by atoms with E-state index in [2.05, 4.69) is 11.2 Å². The van der Waals surface area contributed by atoms with E-state index in [1.807, 2.05) is 0 Å². The third-order valence-electron chi connectivity index (χ3n) is 7.91. The van der Waals surface area contributed by atoms with Crippen LogP contribution in [0.2, 0.25) is 0 Å². The van der Waals surface area contributed by atoms with Gasteiger partial charge < -0.3 is 0 Å². The second-order valence-corrected chi connectivity index (χ2v) is 18.5. The van der Waals surface area contributed by atoms with Crippen molar-refractivity contribution in [2.45, 2.75) is 0 Å². The van der Waals surface area contributed by atoms with Gasteiger partial charge in [-0.25, -0.2) is 0 Å². The zero-order chi connectivity index (χ0) is 52.6. The quantitative estimate of drug-likeness (QED) is 0.0358. The number of hydrogen-bond donors (Lipinski definition) is 8. The fourth-order valence-corrected chi connectivity index (χ4v) is 10.3. The Balaban J connectivity index is 2.27. The molecule has 360 valence electrons. The van der Waals surface area contributed by atoms with E-state index in [4.69, 9.17) is 0 Å². The van der Waals surface area contributed by atoms with Gasteiger partial charge in [-0.1, -0.05) is 0 Å². The van der Waals surface area contributed by atoms with E-state index in [9.17, 15) is 141 Å². The molecule has 0 saturated carbocycles. The monoisotopic (exact) mass is 1190 g/mol. The summed E-state index contributed by atoms with van der Waals surface area (Å²) in [6.45, 7) is 0. The number of hydrogen-bond acceptors (Lipinski definition) is 32. The summed E-state index contributed by atoms with van der Waals surface area (Å²) in [6.07, 6.45) is 0. The molecule has 0 unspecified atom stereocenters. The topological polar surface area (TPSA) is 624 Å². The number of phenolic OH excluding ortho intramolecular Hbond substituents is 8. The fourth-order valence-electron chi connectivity index (χ4n) is 4.98. The van der Waals surface area contributed by atoms with Crippen LogP contribution in [-0.2, 0) is 11.2 Å². The molecular formula is C24H12N12O32Pb+4. The predicted molar refractivity (Wildman–Crippen MR) is 196 cm³/mol. The van der Waals surface area contributed by atoms with Crippen LogP contribution in [0.25, 0.3) is 0 Å².